The Bertz CT molecular complexity index is 1080. The molecule has 0 aliphatic carbocycles. The highest BCUT2D eigenvalue weighted by atomic mass is 16.5. The van der Waals surface area contributed by atoms with Crippen LogP contribution in [-0.4, -0.2) is 30.0 Å². The summed E-state index contributed by atoms with van der Waals surface area (Å²) in [6, 6.07) is 17.5. The summed E-state index contributed by atoms with van der Waals surface area (Å²) in [4.78, 5) is 26.5. The number of para-hydroxylation sites is 2. The predicted molar refractivity (Wildman–Crippen MR) is 100 cm³/mol. The maximum Gasteiger partial charge on any atom is 0.325 e. The third kappa shape index (κ3) is 2.85. The van der Waals surface area contributed by atoms with Crippen molar-refractivity contribution in [1.82, 2.24) is 10.2 Å². The van der Waals surface area contributed by atoms with E-state index in [1.807, 2.05) is 30.3 Å². The van der Waals surface area contributed by atoms with Crippen molar-refractivity contribution in [1.29, 1.82) is 5.26 Å². The minimum absolute atomic E-state index is 0.0558. The van der Waals surface area contributed by atoms with Crippen molar-refractivity contribution in [3.8, 4) is 11.8 Å². The van der Waals surface area contributed by atoms with Crippen LogP contribution in [0.3, 0.4) is 0 Å². The highest BCUT2D eigenvalue weighted by Crippen LogP contribution is 2.33. The molecule has 1 atom stereocenters. The van der Waals surface area contributed by atoms with Crippen LogP contribution in [0.5, 0.6) is 5.75 Å². The van der Waals surface area contributed by atoms with E-state index in [0.29, 0.717) is 22.7 Å². The molecule has 28 heavy (non-hydrogen) atoms. The number of nitrogens with zero attached hydrogens (tertiary/aromatic N) is 2. The van der Waals surface area contributed by atoms with Crippen LogP contribution in [0.1, 0.15) is 18.2 Å². The summed E-state index contributed by atoms with van der Waals surface area (Å²) in [6.45, 7) is 1.76. The lowest BCUT2D eigenvalue weighted by molar-refractivity contribution is -0.131. The molecule has 0 bridgehead atoms. The third-order valence-electron chi connectivity index (χ3n) is 4.77. The normalized spacial score (nSPS) is 18.9. The molecule has 0 radical (unpaired) electrons. The van der Waals surface area contributed by atoms with Gasteiger partial charge in [0, 0.05) is 5.39 Å². The van der Waals surface area contributed by atoms with Crippen LogP contribution >= 0.6 is 0 Å². The highest BCUT2D eigenvalue weighted by molar-refractivity contribution is 6.07. The molecule has 1 N–H and O–H groups in total. The monoisotopic (exact) mass is 375 g/mol. The number of nitriles is 1. The molecule has 3 aromatic rings. The summed E-state index contributed by atoms with van der Waals surface area (Å²) in [7, 11) is 0. The molecule has 1 fully saturated rings. The molecule has 1 unspecified atom stereocenters. The van der Waals surface area contributed by atoms with Gasteiger partial charge in [0.05, 0.1) is 12.1 Å². The fraction of sp³-hybridized carbons (Fsp3) is 0.190. The first-order chi connectivity index (χ1) is 13.5. The Labute approximate surface area is 161 Å². The van der Waals surface area contributed by atoms with Crippen LogP contribution in [0.15, 0.2) is 59.0 Å². The second-order valence-electron chi connectivity index (χ2n) is 6.62. The maximum atomic E-state index is 13.0. The van der Waals surface area contributed by atoms with Crippen LogP contribution in [0, 0.1) is 11.3 Å². The number of hydrogen-bond acceptors (Lipinski definition) is 5. The standard InChI is InChI=1S/C21H17N3O4/c1-21(18-12-14-6-2-5-9-17(14)28-18)19(25)24(20(26)23-21)10-11-27-16-8-4-3-7-15(16)13-22/h2-9,12H,10-11H2,1H3,(H,23,26). The zero-order chi connectivity index (χ0) is 19.7. The zero-order valence-corrected chi connectivity index (χ0v) is 15.1. The first kappa shape index (κ1) is 17.6. The first-order valence-electron chi connectivity index (χ1n) is 8.78. The first-order valence-corrected chi connectivity index (χ1v) is 8.78. The van der Waals surface area contributed by atoms with E-state index in [1.165, 1.54) is 0 Å². The molecule has 2 aromatic carbocycles. The van der Waals surface area contributed by atoms with Crippen molar-refractivity contribution < 1.29 is 18.7 Å². The van der Waals surface area contributed by atoms with Crippen molar-refractivity contribution >= 4 is 22.9 Å². The van der Waals surface area contributed by atoms with Gasteiger partial charge in [0.1, 0.15) is 29.8 Å². The molecule has 1 aliphatic rings. The van der Waals surface area contributed by atoms with E-state index in [1.54, 1.807) is 37.3 Å². The molecule has 3 amide bonds. The van der Waals surface area contributed by atoms with Gasteiger partial charge in [0.2, 0.25) is 0 Å². The summed E-state index contributed by atoms with van der Waals surface area (Å²) in [5, 5.41) is 12.7. The molecule has 7 nitrogen and oxygen atoms in total. The van der Waals surface area contributed by atoms with E-state index < -0.39 is 17.5 Å². The number of carbonyl (C=O) groups excluding carboxylic acids is 2. The Morgan fingerprint density at radius 3 is 2.71 bits per heavy atom. The van der Waals surface area contributed by atoms with Gasteiger partial charge in [0.25, 0.3) is 5.91 Å². The van der Waals surface area contributed by atoms with E-state index in [-0.39, 0.29) is 13.2 Å². The lowest BCUT2D eigenvalue weighted by Gasteiger charge is -2.19. The molecule has 140 valence electrons. The lowest BCUT2D eigenvalue weighted by Crippen LogP contribution is -2.41. The number of nitrogens with one attached hydrogen (secondary N) is 1. The van der Waals surface area contributed by atoms with Crippen molar-refractivity contribution in [2.45, 2.75) is 12.5 Å². The third-order valence-corrected chi connectivity index (χ3v) is 4.77. The van der Waals surface area contributed by atoms with E-state index in [4.69, 9.17) is 14.4 Å². The number of fused-ring (bicyclic) bond motifs is 1. The van der Waals surface area contributed by atoms with Gasteiger partial charge in [-0.3, -0.25) is 9.69 Å². The van der Waals surface area contributed by atoms with Crippen LogP contribution in [0.25, 0.3) is 11.0 Å². The van der Waals surface area contributed by atoms with E-state index in [2.05, 4.69) is 5.32 Å². The maximum absolute atomic E-state index is 13.0. The van der Waals surface area contributed by atoms with Crippen LogP contribution in [0.2, 0.25) is 0 Å². The highest BCUT2D eigenvalue weighted by Gasteiger charge is 2.51. The van der Waals surface area contributed by atoms with Gasteiger partial charge in [-0.05, 0) is 31.2 Å². The number of carbonyl (C=O) groups is 2. The number of ether oxygens (including phenoxy) is 1. The van der Waals surface area contributed by atoms with Crippen LogP contribution in [0.4, 0.5) is 4.79 Å². The Hall–Kier alpha value is -3.79. The smallest absolute Gasteiger partial charge is 0.325 e. The number of amides is 3. The number of furan rings is 1. The van der Waals surface area contributed by atoms with Gasteiger partial charge in [-0.1, -0.05) is 30.3 Å². The summed E-state index contributed by atoms with van der Waals surface area (Å²) in [6.07, 6.45) is 0. The minimum Gasteiger partial charge on any atom is -0.490 e. The van der Waals surface area contributed by atoms with E-state index >= 15 is 0 Å². The van der Waals surface area contributed by atoms with Gasteiger partial charge >= 0.3 is 6.03 Å². The van der Waals surface area contributed by atoms with E-state index in [0.717, 1.165) is 10.3 Å². The Kier molecular flexibility index (Phi) is 4.24. The zero-order valence-electron chi connectivity index (χ0n) is 15.1. The summed E-state index contributed by atoms with van der Waals surface area (Å²) in [5.41, 5.74) is -0.233. The van der Waals surface area contributed by atoms with Crippen molar-refractivity contribution in [2.75, 3.05) is 13.2 Å². The Balaban J connectivity index is 1.50. The predicted octanol–water partition coefficient (Wildman–Crippen LogP) is 3.15. The van der Waals surface area contributed by atoms with Crippen molar-refractivity contribution in [3.05, 3.63) is 65.9 Å². The van der Waals surface area contributed by atoms with Gasteiger partial charge in [0.15, 0.2) is 5.54 Å². The molecule has 2 heterocycles. The quantitative estimate of drug-likeness (QED) is 0.691. The summed E-state index contributed by atoms with van der Waals surface area (Å²) >= 11 is 0. The van der Waals surface area contributed by atoms with Crippen LogP contribution < -0.4 is 10.1 Å². The number of hydrogen-bond donors (Lipinski definition) is 1. The number of urea groups is 1. The molecule has 0 spiro atoms. The number of imide groups is 1. The molecule has 0 saturated carbocycles. The van der Waals surface area contributed by atoms with Crippen molar-refractivity contribution in [3.63, 3.8) is 0 Å². The van der Waals surface area contributed by atoms with Gasteiger partial charge < -0.3 is 14.5 Å². The Morgan fingerprint density at radius 2 is 1.93 bits per heavy atom. The van der Waals surface area contributed by atoms with Gasteiger partial charge in [-0.2, -0.15) is 5.26 Å². The summed E-state index contributed by atoms with van der Waals surface area (Å²) in [5.74, 6) is 0.385. The molecular formula is C21H17N3O4. The topological polar surface area (TPSA) is 95.6 Å². The SMILES string of the molecule is CC1(c2cc3ccccc3o2)NC(=O)N(CCOc2ccccc2C#N)C1=O. The molecule has 1 aromatic heterocycles. The fourth-order valence-electron chi connectivity index (χ4n) is 3.23. The second-order valence-corrected chi connectivity index (χ2v) is 6.62. The molecule has 4 rings (SSSR count). The Morgan fingerprint density at radius 1 is 1.18 bits per heavy atom. The fourth-order valence-corrected chi connectivity index (χ4v) is 3.23. The summed E-state index contributed by atoms with van der Waals surface area (Å²) < 4.78 is 11.4. The number of rotatable bonds is 5. The lowest BCUT2D eigenvalue weighted by atomic mass is 9.99. The van der Waals surface area contributed by atoms with Crippen molar-refractivity contribution in [2.24, 2.45) is 0 Å². The average Bonchev–Trinajstić information content (AvgIpc) is 3.24. The average molecular weight is 375 g/mol. The molecule has 1 aliphatic heterocycles. The van der Waals surface area contributed by atoms with E-state index in [9.17, 15) is 9.59 Å². The molecular weight excluding hydrogens is 358 g/mol. The van der Waals surface area contributed by atoms with Crippen LogP contribution in [-0.2, 0) is 10.3 Å². The molecule has 1 saturated heterocycles. The van der Waals surface area contributed by atoms with Gasteiger partial charge in [-0.25, -0.2) is 4.79 Å². The largest absolute Gasteiger partial charge is 0.490 e. The van der Waals surface area contributed by atoms with Gasteiger partial charge in [-0.15, -0.1) is 0 Å². The minimum atomic E-state index is -1.28. The second kappa shape index (κ2) is 6.74. The number of benzene rings is 2. The molecule has 7 heteroatoms.